The molecule has 3 heterocycles. The zero-order chi connectivity index (χ0) is 23.3. The molecular weight excluding hydrogens is 442 g/mol. The van der Waals surface area contributed by atoms with Crippen LogP contribution in [0.1, 0.15) is 32.0 Å². The third kappa shape index (κ3) is 4.05. The standard InChI is InChI=1S/C25H28F2N2OSSi/c1-16-24(21-8-7-13-31-21)28-22-12-9-17(14-29(16)22)18-10-11-20(26)19(23(18)27)15-30-32(5,6)25(2,3)4/h7-14H,15H2,1-6H3. The second-order valence-corrected chi connectivity index (χ2v) is 15.4. The van der Waals surface area contributed by atoms with E-state index in [1.807, 2.05) is 47.2 Å². The van der Waals surface area contributed by atoms with E-state index in [0.29, 0.717) is 11.1 Å². The van der Waals surface area contributed by atoms with Crippen LogP contribution in [-0.2, 0) is 11.0 Å². The van der Waals surface area contributed by atoms with E-state index < -0.39 is 20.0 Å². The summed E-state index contributed by atoms with van der Waals surface area (Å²) in [4.78, 5) is 5.82. The second-order valence-electron chi connectivity index (χ2n) is 9.61. The Morgan fingerprint density at radius 1 is 1.09 bits per heavy atom. The van der Waals surface area contributed by atoms with Crippen molar-refractivity contribution in [2.45, 2.75) is 52.4 Å². The Bertz CT molecular complexity index is 1270. The number of aryl methyl sites for hydroxylation is 1. The molecule has 32 heavy (non-hydrogen) atoms. The SMILES string of the molecule is Cc1c(-c2cccs2)nc2ccc(-c3ccc(F)c(CO[Si](C)(C)C(C)(C)C)c3F)cn12. The van der Waals surface area contributed by atoms with Crippen LogP contribution in [0.15, 0.2) is 48.0 Å². The van der Waals surface area contributed by atoms with Gasteiger partial charge in [-0.05, 0) is 60.8 Å². The Morgan fingerprint density at radius 3 is 2.50 bits per heavy atom. The van der Waals surface area contributed by atoms with E-state index in [9.17, 15) is 4.39 Å². The minimum Gasteiger partial charge on any atom is -0.412 e. The van der Waals surface area contributed by atoms with E-state index in [0.717, 1.165) is 21.9 Å². The Balaban J connectivity index is 1.72. The molecule has 0 saturated carbocycles. The molecule has 0 atom stereocenters. The summed E-state index contributed by atoms with van der Waals surface area (Å²) in [6.07, 6.45) is 1.86. The van der Waals surface area contributed by atoms with Gasteiger partial charge < -0.3 is 8.83 Å². The highest BCUT2D eigenvalue weighted by atomic mass is 32.1. The van der Waals surface area contributed by atoms with Gasteiger partial charge in [-0.3, -0.25) is 0 Å². The first kappa shape index (κ1) is 22.8. The summed E-state index contributed by atoms with van der Waals surface area (Å²) in [6.45, 7) is 12.4. The molecule has 0 spiro atoms. The highest BCUT2D eigenvalue weighted by Crippen LogP contribution is 2.38. The molecular formula is C25H28F2N2OSSi. The van der Waals surface area contributed by atoms with Gasteiger partial charge in [0.05, 0.1) is 11.5 Å². The number of pyridine rings is 1. The number of thiophene rings is 1. The zero-order valence-electron chi connectivity index (χ0n) is 19.3. The van der Waals surface area contributed by atoms with Gasteiger partial charge in [-0.15, -0.1) is 11.3 Å². The topological polar surface area (TPSA) is 26.5 Å². The van der Waals surface area contributed by atoms with Crippen LogP contribution in [0, 0.1) is 18.6 Å². The number of aromatic nitrogens is 2. The Labute approximate surface area is 192 Å². The van der Waals surface area contributed by atoms with Crippen molar-refractivity contribution in [2.24, 2.45) is 0 Å². The van der Waals surface area contributed by atoms with Gasteiger partial charge in [-0.1, -0.05) is 26.8 Å². The molecule has 0 N–H and O–H groups in total. The lowest BCUT2D eigenvalue weighted by atomic mass is 10.0. The Kier molecular flexibility index (Phi) is 5.86. The average Bonchev–Trinajstić information content (AvgIpc) is 3.35. The molecule has 3 nitrogen and oxygen atoms in total. The van der Waals surface area contributed by atoms with Crippen molar-refractivity contribution in [1.82, 2.24) is 9.38 Å². The summed E-state index contributed by atoms with van der Waals surface area (Å²) in [5, 5.41) is 1.98. The number of nitrogens with zero attached hydrogens (tertiary/aromatic N) is 2. The highest BCUT2D eigenvalue weighted by Gasteiger charge is 2.37. The van der Waals surface area contributed by atoms with Crippen LogP contribution >= 0.6 is 11.3 Å². The number of fused-ring (bicyclic) bond motifs is 1. The van der Waals surface area contributed by atoms with E-state index in [2.05, 4.69) is 33.9 Å². The first-order chi connectivity index (χ1) is 15.0. The van der Waals surface area contributed by atoms with Gasteiger partial charge in [0, 0.05) is 28.6 Å². The quantitative estimate of drug-likeness (QED) is 0.278. The molecule has 0 unspecified atom stereocenters. The Hall–Kier alpha value is -2.35. The summed E-state index contributed by atoms with van der Waals surface area (Å²) < 4.78 is 38.1. The van der Waals surface area contributed by atoms with Gasteiger partial charge in [0.1, 0.15) is 23.0 Å². The molecule has 7 heteroatoms. The van der Waals surface area contributed by atoms with Crippen molar-refractivity contribution in [3.8, 4) is 21.7 Å². The van der Waals surface area contributed by atoms with Gasteiger partial charge in [-0.25, -0.2) is 13.8 Å². The normalized spacial score (nSPS) is 12.6. The third-order valence-corrected chi connectivity index (χ3v) is 11.8. The fourth-order valence-corrected chi connectivity index (χ4v) is 5.09. The van der Waals surface area contributed by atoms with Gasteiger partial charge >= 0.3 is 0 Å². The molecule has 4 rings (SSSR count). The van der Waals surface area contributed by atoms with E-state index >= 15 is 4.39 Å². The lowest BCUT2D eigenvalue weighted by Gasteiger charge is -2.36. The summed E-state index contributed by atoms with van der Waals surface area (Å²) in [6, 6.07) is 10.5. The molecule has 4 aromatic rings. The molecule has 0 saturated heterocycles. The van der Waals surface area contributed by atoms with Crippen molar-refractivity contribution >= 4 is 25.3 Å². The van der Waals surface area contributed by atoms with Crippen molar-refractivity contribution in [1.29, 1.82) is 0 Å². The Morgan fingerprint density at radius 2 is 1.84 bits per heavy atom. The monoisotopic (exact) mass is 470 g/mol. The van der Waals surface area contributed by atoms with Crippen LogP contribution in [-0.4, -0.2) is 17.7 Å². The first-order valence-electron chi connectivity index (χ1n) is 10.6. The van der Waals surface area contributed by atoms with Crippen LogP contribution in [0.2, 0.25) is 18.1 Å². The molecule has 168 valence electrons. The number of hydrogen-bond acceptors (Lipinski definition) is 3. The minimum atomic E-state index is -2.14. The van der Waals surface area contributed by atoms with Crippen molar-refractivity contribution in [3.63, 3.8) is 0 Å². The van der Waals surface area contributed by atoms with Gasteiger partial charge in [0.25, 0.3) is 0 Å². The summed E-state index contributed by atoms with van der Waals surface area (Å²) in [5.74, 6) is -1.15. The predicted molar refractivity (Wildman–Crippen MR) is 131 cm³/mol. The van der Waals surface area contributed by atoms with E-state index in [1.165, 1.54) is 12.1 Å². The number of rotatable bonds is 5. The van der Waals surface area contributed by atoms with Crippen LogP contribution in [0.4, 0.5) is 8.78 Å². The number of benzene rings is 1. The van der Waals surface area contributed by atoms with Crippen molar-refractivity contribution < 1.29 is 13.2 Å². The molecule has 0 aliphatic heterocycles. The molecule has 0 amide bonds. The number of halogens is 2. The van der Waals surface area contributed by atoms with Crippen molar-refractivity contribution in [2.75, 3.05) is 0 Å². The zero-order valence-corrected chi connectivity index (χ0v) is 21.1. The second kappa shape index (κ2) is 8.21. The van der Waals surface area contributed by atoms with Gasteiger partial charge in [-0.2, -0.15) is 0 Å². The maximum atomic E-state index is 15.5. The van der Waals surface area contributed by atoms with Crippen LogP contribution in [0.5, 0.6) is 0 Å². The largest absolute Gasteiger partial charge is 0.412 e. The summed E-state index contributed by atoms with van der Waals surface area (Å²) in [5.41, 5.74) is 3.69. The lowest BCUT2D eigenvalue weighted by molar-refractivity contribution is 0.265. The number of imidazole rings is 1. The first-order valence-corrected chi connectivity index (χ1v) is 14.4. The number of hydrogen-bond donors (Lipinski definition) is 0. The fourth-order valence-electron chi connectivity index (χ4n) is 3.39. The van der Waals surface area contributed by atoms with Gasteiger partial charge in [0.15, 0.2) is 8.32 Å². The molecule has 1 aromatic carbocycles. The molecule has 3 aromatic heterocycles. The molecule has 0 aliphatic rings. The maximum absolute atomic E-state index is 15.5. The van der Waals surface area contributed by atoms with Crippen LogP contribution < -0.4 is 0 Å². The van der Waals surface area contributed by atoms with Crippen LogP contribution in [0.25, 0.3) is 27.3 Å². The van der Waals surface area contributed by atoms with Crippen molar-refractivity contribution in [3.05, 3.63) is 70.9 Å². The summed E-state index contributed by atoms with van der Waals surface area (Å²) >= 11 is 1.63. The smallest absolute Gasteiger partial charge is 0.192 e. The molecule has 0 aliphatic carbocycles. The average molecular weight is 471 g/mol. The lowest BCUT2D eigenvalue weighted by Crippen LogP contribution is -2.40. The van der Waals surface area contributed by atoms with Crippen LogP contribution in [0.3, 0.4) is 0 Å². The van der Waals surface area contributed by atoms with Gasteiger partial charge in [0.2, 0.25) is 0 Å². The minimum absolute atomic E-state index is 0.0194. The molecule has 0 fully saturated rings. The summed E-state index contributed by atoms with van der Waals surface area (Å²) in [7, 11) is -2.14. The third-order valence-electron chi connectivity index (χ3n) is 6.49. The predicted octanol–water partition coefficient (Wildman–Crippen LogP) is 7.84. The van der Waals surface area contributed by atoms with E-state index in [4.69, 9.17) is 9.41 Å². The highest BCUT2D eigenvalue weighted by molar-refractivity contribution is 7.13. The molecule has 0 bridgehead atoms. The maximum Gasteiger partial charge on any atom is 0.192 e. The fraction of sp³-hybridized carbons (Fsp3) is 0.320. The molecule has 0 radical (unpaired) electrons. The van der Waals surface area contributed by atoms with E-state index in [-0.39, 0.29) is 17.2 Å². The van der Waals surface area contributed by atoms with E-state index in [1.54, 1.807) is 11.3 Å².